The second-order valence-corrected chi connectivity index (χ2v) is 5.36. The Labute approximate surface area is 123 Å². The second-order valence-electron chi connectivity index (χ2n) is 4.92. The molecule has 2 aromatic carbocycles. The van der Waals surface area contributed by atoms with E-state index in [-0.39, 0.29) is 0 Å². The molecule has 100 valence electrons. The lowest BCUT2D eigenvalue weighted by Gasteiger charge is -2.12. The van der Waals surface area contributed by atoms with E-state index >= 15 is 0 Å². The number of anilines is 1. The van der Waals surface area contributed by atoms with E-state index in [0.717, 1.165) is 27.9 Å². The van der Waals surface area contributed by atoms with Gasteiger partial charge in [0, 0.05) is 10.4 Å². The van der Waals surface area contributed by atoms with Gasteiger partial charge in [-0.3, -0.25) is 0 Å². The Morgan fingerprint density at radius 3 is 2.50 bits per heavy atom. The Morgan fingerprint density at radius 1 is 1.05 bits per heavy atom. The number of nitrogens with zero attached hydrogens (tertiary/aromatic N) is 1. The first-order valence-electron chi connectivity index (χ1n) is 6.53. The summed E-state index contributed by atoms with van der Waals surface area (Å²) >= 11 is 5.94. The lowest BCUT2D eigenvalue weighted by Crippen LogP contribution is -2.01. The van der Waals surface area contributed by atoms with E-state index in [0.29, 0.717) is 5.82 Å². The van der Waals surface area contributed by atoms with Gasteiger partial charge in [0.05, 0.1) is 5.52 Å². The summed E-state index contributed by atoms with van der Waals surface area (Å²) in [6, 6.07) is 16.0. The first-order chi connectivity index (χ1) is 9.65. The van der Waals surface area contributed by atoms with Gasteiger partial charge in [-0.15, -0.1) is 0 Å². The molecule has 0 spiro atoms. The maximum atomic E-state index is 6.03. The largest absolute Gasteiger partial charge is 0.383 e. The summed E-state index contributed by atoms with van der Waals surface area (Å²) in [6.07, 6.45) is 0.830. The number of hydrogen-bond acceptors (Lipinski definition) is 2. The summed E-state index contributed by atoms with van der Waals surface area (Å²) < 4.78 is 0. The molecule has 0 aliphatic rings. The second kappa shape index (κ2) is 5.14. The van der Waals surface area contributed by atoms with Gasteiger partial charge in [-0.05, 0) is 48.2 Å². The predicted octanol–water partition coefficient (Wildman–Crippen LogP) is 4.37. The van der Waals surface area contributed by atoms with Crippen molar-refractivity contribution in [1.29, 1.82) is 0 Å². The molecule has 0 atom stereocenters. The summed E-state index contributed by atoms with van der Waals surface area (Å²) in [5.74, 6) is 0.604. The molecular weight excluding hydrogens is 268 g/mol. The third kappa shape index (κ3) is 2.35. The van der Waals surface area contributed by atoms with E-state index in [1.165, 1.54) is 11.1 Å². The lowest BCUT2D eigenvalue weighted by molar-refractivity contribution is 1.16. The van der Waals surface area contributed by atoms with Gasteiger partial charge in [-0.1, -0.05) is 41.9 Å². The van der Waals surface area contributed by atoms with E-state index in [2.05, 4.69) is 11.1 Å². The van der Waals surface area contributed by atoms with Gasteiger partial charge in [-0.2, -0.15) is 0 Å². The van der Waals surface area contributed by atoms with Crippen LogP contribution in [0.25, 0.3) is 10.9 Å². The van der Waals surface area contributed by atoms with Crippen LogP contribution in [-0.4, -0.2) is 4.98 Å². The molecule has 20 heavy (non-hydrogen) atoms. The Hall–Kier alpha value is -2.06. The van der Waals surface area contributed by atoms with Gasteiger partial charge in [0.1, 0.15) is 5.82 Å². The van der Waals surface area contributed by atoms with E-state index < -0.39 is 0 Å². The number of pyridine rings is 1. The van der Waals surface area contributed by atoms with Crippen molar-refractivity contribution in [3.8, 4) is 0 Å². The van der Waals surface area contributed by atoms with Crippen LogP contribution in [0.1, 0.15) is 16.7 Å². The quantitative estimate of drug-likeness (QED) is 0.758. The molecule has 0 saturated carbocycles. The van der Waals surface area contributed by atoms with Crippen molar-refractivity contribution in [2.75, 3.05) is 5.73 Å². The third-order valence-corrected chi connectivity index (χ3v) is 3.85. The van der Waals surface area contributed by atoms with Crippen molar-refractivity contribution in [2.24, 2.45) is 0 Å². The highest BCUT2D eigenvalue weighted by molar-refractivity contribution is 6.30. The van der Waals surface area contributed by atoms with E-state index in [4.69, 9.17) is 17.3 Å². The van der Waals surface area contributed by atoms with Gasteiger partial charge in [-0.25, -0.2) is 4.98 Å². The van der Waals surface area contributed by atoms with Gasteiger partial charge in [0.2, 0.25) is 0 Å². The number of aromatic nitrogens is 1. The molecule has 3 aromatic rings. The van der Waals surface area contributed by atoms with Crippen molar-refractivity contribution in [2.45, 2.75) is 13.3 Å². The highest BCUT2D eigenvalue weighted by Crippen LogP contribution is 2.27. The number of nitrogen functional groups attached to an aromatic ring is 1. The molecule has 0 unspecified atom stereocenters. The average Bonchev–Trinajstić information content (AvgIpc) is 2.46. The number of hydrogen-bond donors (Lipinski definition) is 1. The first kappa shape index (κ1) is 12.9. The molecule has 2 nitrogen and oxygen atoms in total. The van der Waals surface area contributed by atoms with E-state index in [1.54, 1.807) is 0 Å². The highest BCUT2D eigenvalue weighted by atomic mass is 35.5. The van der Waals surface area contributed by atoms with Crippen LogP contribution >= 0.6 is 11.6 Å². The average molecular weight is 283 g/mol. The van der Waals surface area contributed by atoms with Gasteiger partial charge >= 0.3 is 0 Å². The Bertz CT molecular complexity index is 764. The number of fused-ring (bicyclic) bond motifs is 1. The normalized spacial score (nSPS) is 10.9. The third-order valence-electron chi connectivity index (χ3n) is 3.60. The van der Waals surface area contributed by atoms with Gasteiger partial charge in [0.25, 0.3) is 0 Å². The van der Waals surface area contributed by atoms with Crippen molar-refractivity contribution in [3.63, 3.8) is 0 Å². The molecule has 0 fully saturated rings. The molecule has 0 bridgehead atoms. The maximum Gasteiger partial charge on any atom is 0.127 e. The summed E-state index contributed by atoms with van der Waals surface area (Å²) in [4.78, 5) is 4.45. The fourth-order valence-corrected chi connectivity index (χ4v) is 2.56. The predicted molar refractivity (Wildman–Crippen MR) is 85.2 cm³/mol. The Balaban J connectivity index is 2.14. The first-order valence-corrected chi connectivity index (χ1v) is 6.91. The summed E-state index contributed by atoms with van der Waals surface area (Å²) in [7, 11) is 0. The van der Waals surface area contributed by atoms with Crippen LogP contribution in [0.15, 0.2) is 48.5 Å². The van der Waals surface area contributed by atoms with Crippen molar-refractivity contribution in [3.05, 3.63) is 70.2 Å². The Kier molecular flexibility index (Phi) is 3.33. The van der Waals surface area contributed by atoms with Crippen LogP contribution in [-0.2, 0) is 6.42 Å². The monoisotopic (exact) mass is 282 g/mol. The molecule has 1 heterocycles. The molecule has 0 aliphatic heterocycles. The molecule has 0 radical (unpaired) electrons. The summed E-state index contributed by atoms with van der Waals surface area (Å²) in [6.45, 7) is 2.03. The minimum absolute atomic E-state index is 0.604. The smallest absolute Gasteiger partial charge is 0.127 e. The molecule has 0 aliphatic carbocycles. The lowest BCUT2D eigenvalue weighted by atomic mass is 9.97. The van der Waals surface area contributed by atoms with Crippen LogP contribution in [0.2, 0.25) is 5.02 Å². The minimum atomic E-state index is 0.604. The molecule has 0 amide bonds. The zero-order chi connectivity index (χ0) is 14.1. The molecule has 3 rings (SSSR count). The Morgan fingerprint density at radius 2 is 1.75 bits per heavy atom. The van der Waals surface area contributed by atoms with Crippen LogP contribution in [0.5, 0.6) is 0 Å². The molecule has 1 aromatic heterocycles. The number of benzene rings is 2. The van der Waals surface area contributed by atoms with Crippen molar-refractivity contribution >= 4 is 28.3 Å². The maximum absolute atomic E-state index is 6.03. The minimum Gasteiger partial charge on any atom is -0.383 e. The SMILES string of the molecule is Cc1c(N)nc2ccccc2c1Cc1ccc(Cl)cc1. The fraction of sp³-hybridized carbons (Fsp3) is 0.118. The molecule has 0 saturated heterocycles. The van der Waals surface area contributed by atoms with Crippen LogP contribution in [0.3, 0.4) is 0 Å². The topological polar surface area (TPSA) is 38.9 Å². The summed E-state index contributed by atoms with van der Waals surface area (Å²) in [5.41, 5.74) is 10.5. The molecule has 3 heteroatoms. The number of halogens is 1. The fourth-order valence-electron chi connectivity index (χ4n) is 2.43. The van der Waals surface area contributed by atoms with Gasteiger partial charge < -0.3 is 5.73 Å². The zero-order valence-corrected chi connectivity index (χ0v) is 12.0. The van der Waals surface area contributed by atoms with Crippen molar-refractivity contribution < 1.29 is 0 Å². The van der Waals surface area contributed by atoms with E-state index in [9.17, 15) is 0 Å². The standard InChI is InChI=1S/C17H15ClN2/c1-11-15(10-12-6-8-13(18)9-7-12)14-4-2-3-5-16(14)20-17(11)19/h2-9H,10H2,1H3,(H2,19,20). The van der Waals surface area contributed by atoms with Crippen LogP contribution < -0.4 is 5.73 Å². The highest BCUT2D eigenvalue weighted by Gasteiger charge is 2.10. The van der Waals surface area contributed by atoms with Crippen molar-refractivity contribution in [1.82, 2.24) is 4.98 Å². The van der Waals surface area contributed by atoms with E-state index in [1.807, 2.05) is 49.4 Å². The van der Waals surface area contributed by atoms with Crippen LogP contribution in [0.4, 0.5) is 5.82 Å². The van der Waals surface area contributed by atoms with Gasteiger partial charge in [0.15, 0.2) is 0 Å². The summed E-state index contributed by atoms with van der Waals surface area (Å²) in [5, 5.41) is 1.92. The number of rotatable bonds is 2. The number of nitrogens with two attached hydrogens (primary N) is 1. The van der Waals surface area contributed by atoms with Crippen LogP contribution in [0, 0.1) is 6.92 Å². The molecule has 2 N–H and O–H groups in total. The zero-order valence-electron chi connectivity index (χ0n) is 11.2. The number of para-hydroxylation sites is 1. The molecular formula is C17H15ClN2.